The average molecular weight is 244 g/mol. The SMILES string of the molecule is CCCCC(CC)COC1CC(O)C1OCC. The minimum atomic E-state index is -0.323. The van der Waals surface area contributed by atoms with Gasteiger partial charge in [0.2, 0.25) is 0 Å². The van der Waals surface area contributed by atoms with Gasteiger partial charge in [-0.3, -0.25) is 0 Å². The van der Waals surface area contributed by atoms with Crippen LogP contribution in [-0.2, 0) is 9.47 Å². The molecule has 0 bridgehead atoms. The normalized spacial score (nSPS) is 30.0. The third-order valence-electron chi connectivity index (χ3n) is 3.67. The number of ether oxygens (including phenoxy) is 2. The molecule has 0 aromatic heterocycles. The van der Waals surface area contributed by atoms with E-state index in [0.717, 1.165) is 13.0 Å². The van der Waals surface area contributed by atoms with Crippen LogP contribution in [-0.4, -0.2) is 36.6 Å². The zero-order chi connectivity index (χ0) is 12.7. The first-order valence-electron chi connectivity index (χ1n) is 7.14. The lowest BCUT2D eigenvalue weighted by Gasteiger charge is -2.41. The van der Waals surface area contributed by atoms with E-state index in [9.17, 15) is 5.11 Å². The van der Waals surface area contributed by atoms with Gasteiger partial charge in [-0.15, -0.1) is 0 Å². The van der Waals surface area contributed by atoms with Crippen LogP contribution in [0.25, 0.3) is 0 Å². The molecule has 1 N–H and O–H groups in total. The molecule has 0 aromatic rings. The summed E-state index contributed by atoms with van der Waals surface area (Å²) in [4.78, 5) is 0. The Bertz CT molecular complexity index is 196. The van der Waals surface area contributed by atoms with Gasteiger partial charge >= 0.3 is 0 Å². The highest BCUT2D eigenvalue weighted by Crippen LogP contribution is 2.28. The first kappa shape index (κ1) is 14.9. The van der Waals surface area contributed by atoms with Crippen molar-refractivity contribution < 1.29 is 14.6 Å². The number of hydrogen-bond acceptors (Lipinski definition) is 3. The van der Waals surface area contributed by atoms with E-state index in [0.29, 0.717) is 12.5 Å². The molecule has 0 radical (unpaired) electrons. The van der Waals surface area contributed by atoms with Gasteiger partial charge in [0.25, 0.3) is 0 Å². The molecule has 1 rings (SSSR count). The molecule has 0 saturated heterocycles. The van der Waals surface area contributed by atoms with Crippen molar-refractivity contribution in [2.75, 3.05) is 13.2 Å². The second-order valence-corrected chi connectivity index (χ2v) is 5.01. The van der Waals surface area contributed by atoms with Crippen molar-refractivity contribution in [3.05, 3.63) is 0 Å². The van der Waals surface area contributed by atoms with E-state index in [1.807, 2.05) is 6.92 Å². The zero-order valence-corrected chi connectivity index (χ0v) is 11.5. The summed E-state index contributed by atoms with van der Waals surface area (Å²) in [6.07, 6.45) is 5.38. The number of aliphatic hydroxyl groups excluding tert-OH is 1. The monoisotopic (exact) mass is 244 g/mol. The van der Waals surface area contributed by atoms with Gasteiger partial charge in [-0.2, -0.15) is 0 Å². The van der Waals surface area contributed by atoms with Gasteiger partial charge in [-0.05, 0) is 19.3 Å². The van der Waals surface area contributed by atoms with Gasteiger partial charge in [0.15, 0.2) is 0 Å². The highest BCUT2D eigenvalue weighted by atomic mass is 16.6. The molecule has 102 valence electrons. The largest absolute Gasteiger partial charge is 0.390 e. The highest BCUT2D eigenvalue weighted by Gasteiger charge is 2.41. The number of rotatable bonds is 9. The Balaban J connectivity index is 2.20. The minimum absolute atomic E-state index is 0.0938. The van der Waals surface area contributed by atoms with Crippen LogP contribution in [0.15, 0.2) is 0 Å². The van der Waals surface area contributed by atoms with Crippen LogP contribution in [0.4, 0.5) is 0 Å². The number of unbranched alkanes of at least 4 members (excludes halogenated alkanes) is 1. The summed E-state index contributed by atoms with van der Waals surface area (Å²) in [6, 6.07) is 0. The van der Waals surface area contributed by atoms with Crippen LogP contribution in [0.2, 0.25) is 0 Å². The molecule has 0 amide bonds. The second kappa shape index (κ2) is 8.06. The lowest BCUT2D eigenvalue weighted by Crippen LogP contribution is -2.54. The summed E-state index contributed by atoms with van der Waals surface area (Å²) < 4.78 is 11.4. The Morgan fingerprint density at radius 3 is 2.53 bits per heavy atom. The zero-order valence-electron chi connectivity index (χ0n) is 11.5. The molecule has 0 spiro atoms. The van der Waals surface area contributed by atoms with Crippen molar-refractivity contribution >= 4 is 0 Å². The van der Waals surface area contributed by atoms with E-state index in [1.54, 1.807) is 0 Å². The lowest BCUT2D eigenvalue weighted by molar-refractivity contribution is -0.194. The average Bonchev–Trinajstić information content (AvgIpc) is 2.34. The van der Waals surface area contributed by atoms with Crippen molar-refractivity contribution in [3.8, 4) is 0 Å². The summed E-state index contributed by atoms with van der Waals surface area (Å²) in [5, 5.41) is 9.57. The maximum Gasteiger partial charge on any atom is 0.110 e. The van der Waals surface area contributed by atoms with Crippen LogP contribution in [0.3, 0.4) is 0 Å². The lowest BCUT2D eigenvalue weighted by atomic mass is 9.87. The first-order chi connectivity index (χ1) is 8.22. The highest BCUT2D eigenvalue weighted by molar-refractivity contribution is 4.92. The Morgan fingerprint density at radius 2 is 2.00 bits per heavy atom. The summed E-state index contributed by atoms with van der Waals surface area (Å²) in [6.45, 7) is 7.87. The van der Waals surface area contributed by atoms with Crippen LogP contribution < -0.4 is 0 Å². The van der Waals surface area contributed by atoms with Crippen molar-refractivity contribution in [2.45, 2.75) is 71.2 Å². The third kappa shape index (κ3) is 4.57. The standard InChI is InChI=1S/C14H28O3/c1-4-7-8-11(5-2)10-17-13-9-12(15)14(13)16-6-3/h11-15H,4-10H2,1-3H3. The molecular formula is C14H28O3. The predicted octanol–water partition coefficient (Wildman–Crippen LogP) is 2.76. The predicted molar refractivity (Wildman–Crippen MR) is 69.1 cm³/mol. The molecule has 0 aromatic carbocycles. The number of hydrogen-bond donors (Lipinski definition) is 1. The summed E-state index contributed by atoms with van der Waals surface area (Å²) >= 11 is 0. The van der Waals surface area contributed by atoms with E-state index in [-0.39, 0.29) is 18.3 Å². The molecule has 3 nitrogen and oxygen atoms in total. The van der Waals surface area contributed by atoms with Crippen molar-refractivity contribution in [1.82, 2.24) is 0 Å². The van der Waals surface area contributed by atoms with E-state index < -0.39 is 0 Å². The third-order valence-corrected chi connectivity index (χ3v) is 3.67. The molecule has 0 aliphatic heterocycles. The van der Waals surface area contributed by atoms with Crippen LogP contribution >= 0.6 is 0 Å². The first-order valence-corrected chi connectivity index (χ1v) is 7.14. The Hall–Kier alpha value is -0.120. The van der Waals surface area contributed by atoms with Gasteiger partial charge in [0.05, 0.1) is 12.2 Å². The molecule has 4 atom stereocenters. The Morgan fingerprint density at radius 1 is 1.24 bits per heavy atom. The topological polar surface area (TPSA) is 38.7 Å². The van der Waals surface area contributed by atoms with Gasteiger partial charge in [-0.25, -0.2) is 0 Å². The van der Waals surface area contributed by atoms with Gasteiger partial charge in [-0.1, -0.05) is 33.1 Å². The molecule has 1 aliphatic carbocycles. The van der Waals surface area contributed by atoms with Crippen molar-refractivity contribution in [1.29, 1.82) is 0 Å². The molecule has 1 aliphatic rings. The van der Waals surface area contributed by atoms with Crippen molar-refractivity contribution in [2.24, 2.45) is 5.92 Å². The Labute approximate surface area is 105 Å². The molecule has 4 unspecified atom stereocenters. The fraction of sp³-hybridized carbons (Fsp3) is 1.00. The van der Waals surface area contributed by atoms with Crippen LogP contribution in [0, 0.1) is 5.92 Å². The fourth-order valence-electron chi connectivity index (χ4n) is 2.29. The Kier molecular flexibility index (Phi) is 7.09. The summed E-state index contributed by atoms with van der Waals surface area (Å²) in [7, 11) is 0. The van der Waals surface area contributed by atoms with Gasteiger partial charge < -0.3 is 14.6 Å². The van der Waals surface area contributed by atoms with Crippen molar-refractivity contribution in [3.63, 3.8) is 0 Å². The van der Waals surface area contributed by atoms with Crippen LogP contribution in [0.1, 0.15) is 52.9 Å². The second-order valence-electron chi connectivity index (χ2n) is 5.01. The molecule has 1 saturated carbocycles. The maximum absolute atomic E-state index is 9.57. The molecule has 17 heavy (non-hydrogen) atoms. The molecule has 3 heteroatoms. The fourth-order valence-corrected chi connectivity index (χ4v) is 2.29. The van der Waals surface area contributed by atoms with E-state index in [1.165, 1.54) is 25.7 Å². The van der Waals surface area contributed by atoms with Gasteiger partial charge in [0, 0.05) is 19.6 Å². The summed E-state index contributed by atoms with van der Waals surface area (Å²) in [5.41, 5.74) is 0. The van der Waals surface area contributed by atoms with E-state index in [2.05, 4.69) is 13.8 Å². The maximum atomic E-state index is 9.57. The van der Waals surface area contributed by atoms with E-state index >= 15 is 0 Å². The number of aliphatic hydroxyl groups is 1. The van der Waals surface area contributed by atoms with Gasteiger partial charge in [0.1, 0.15) is 6.10 Å². The van der Waals surface area contributed by atoms with E-state index in [4.69, 9.17) is 9.47 Å². The smallest absolute Gasteiger partial charge is 0.110 e. The van der Waals surface area contributed by atoms with Crippen LogP contribution in [0.5, 0.6) is 0 Å². The molecule has 1 fully saturated rings. The summed E-state index contributed by atoms with van der Waals surface area (Å²) in [5.74, 6) is 0.662. The molecule has 0 heterocycles. The quantitative estimate of drug-likeness (QED) is 0.678. The molecular weight excluding hydrogens is 216 g/mol. The minimum Gasteiger partial charge on any atom is -0.390 e.